The average Bonchev–Trinajstić information content (AvgIpc) is 3.22. The summed E-state index contributed by atoms with van der Waals surface area (Å²) in [6.07, 6.45) is -0.329. The van der Waals surface area contributed by atoms with Gasteiger partial charge in [0, 0.05) is 35.3 Å². The molecule has 0 spiro atoms. The molecule has 0 amide bonds. The molecule has 4 rings (SSSR count). The minimum absolute atomic E-state index is 0.103. The number of aliphatic carboxylic acids is 2. The number of hydrogen-bond donors (Lipinski definition) is 2. The Balaban J connectivity index is 0.00000158. The number of carbonyl (C=O) groups is 2. The highest BCUT2D eigenvalue weighted by atomic mass is 35.5. The SMILES string of the molecule is CC.O=C(O)CCN(CCC(=O)O)c1ccc2cc(-c3nc4cc(Cl)ccc4o3)c(=O)oc2c1. The third-order valence-corrected chi connectivity index (χ3v) is 5.09. The van der Waals surface area contributed by atoms with Crippen molar-refractivity contribution in [3.63, 3.8) is 0 Å². The fourth-order valence-electron chi connectivity index (χ4n) is 3.29. The lowest BCUT2D eigenvalue weighted by Gasteiger charge is -2.23. The highest BCUT2D eigenvalue weighted by Gasteiger charge is 2.17. The highest BCUT2D eigenvalue weighted by molar-refractivity contribution is 6.31. The van der Waals surface area contributed by atoms with Crippen molar-refractivity contribution in [1.82, 2.24) is 4.98 Å². The van der Waals surface area contributed by atoms with E-state index < -0.39 is 17.6 Å². The van der Waals surface area contributed by atoms with Crippen molar-refractivity contribution < 1.29 is 28.6 Å². The van der Waals surface area contributed by atoms with Crippen LogP contribution < -0.4 is 10.5 Å². The normalized spacial score (nSPS) is 10.7. The molecule has 9 nitrogen and oxygen atoms in total. The summed E-state index contributed by atoms with van der Waals surface area (Å²) >= 11 is 5.97. The van der Waals surface area contributed by atoms with E-state index in [0.29, 0.717) is 27.2 Å². The fraction of sp³-hybridized carbons (Fsp3) is 0.250. The van der Waals surface area contributed by atoms with E-state index in [1.165, 1.54) is 0 Å². The Morgan fingerprint density at radius 3 is 2.26 bits per heavy atom. The Hall–Kier alpha value is -3.85. The van der Waals surface area contributed by atoms with E-state index in [1.54, 1.807) is 47.4 Å². The zero-order valence-electron chi connectivity index (χ0n) is 18.6. The summed E-state index contributed by atoms with van der Waals surface area (Å²) in [7, 11) is 0. The molecule has 0 fully saturated rings. The van der Waals surface area contributed by atoms with Gasteiger partial charge in [0.2, 0.25) is 5.89 Å². The molecule has 34 heavy (non-hydrogen) atoms. The Morgan fingerprint density at radius 1 is 0.941 bits per heavy atom. The van der Waals surface area contributed by atoms with Crippen LogP contribution in [-0.4, -0.2) is 40.2 Å². The minimum atomic E-state index is -0.998. The van der Waals surface area contributed by atoms with Crippen LogP contribution in [0.25, 0.3) is 33.5 Å². The molecule has 4 aromatic rings. The van der Waals surface area contributed by atoms with Crippen LogP contribution in [0.5, 0.6) is 0 Å². The second-order valence-electron chi connectivity index (χ2n) is 7.08. The number of rotatable bonds is 8. The highest BCUT2D eigenvalue weighted by Crippen LogP contribution is 2.28. The summed E-state index contributed by atoms with van der Waals surface area (Å²) < 4.78 is 11.1. The molecule has 0 saturated carbocycles. The van der Waals surface area contributed by atoms with Gasteiger partial charge in [-0.15, -0.1) is 0 Å². The summed E-state index contributed by atoms with van der Waals surface area (Å²) in [5.41, 5.74) is 1.29. The zero-order valence-corrected chi connectivity index (χ0v) is 19.3. The first-order chi connectivity index (χ1) is 16.3. The number of aromatic nitrogens is 1. The van der Waals surface area contributed by atoms with Gasteiger partial charge in [-0.1, -0.05) is 25.4 Å². The van der Waals surface area contributed by atoms with E-state index in [2.05, 4.69) is 4.98 Å². The molecule has 0 bridgehead atoms. The summed E-state index contributed by atoms with van der Waals surface area (Å²) in [4.78, 5) is 40.5. The van der Waals surface area contributed by atoms with Gasteiger partial charge in [-0.25, -0.2) is 9.78 Å². The maximum atomic E-state index is 12.6. The predicted molar refractivity (Wildman–Crippen MR) is 129 cm³/mol. The Labute approximate surface area is 199 Å². The lowest BCUT2D eigenvalue weighted by molar-refractivity contribution is -0.137. The van der Waals surface area contributed by atoms with Crippen molar-refractivity contribution in [2.75, 3.05) is 18.0 Å². The van der Waals surface area contributed by atoms with Crippen molar-refractivity contribution in [3.8, 4) is 11.5 Å². The number of hydrogen-bond acceptors (Lipinski definition) is 7. The standard InChI is InChI=1S/C22H17ClN2O7.C2H6/c23-13-2-4-17-16(10-13)24-21(31-17)15-9-12-1-3-14(11-18(12)32-22(15)30)25(7-5-19(26)27)8-6-20(28)29;1-2/h1-4,9-11H,5-8H2,(H,26,27)(H,28,29);1-2H3. The molecule has 2 aromatic heterocycles. The van der Waals surface area contributed by atoms with Crippen molar-refractivity contribution in [1.29, 1.82) is 0 Å². The van der Waals surface area contributed by atoms with Gasteiger partial charge in [0.25, 0.3) is 0 Å². The molecule has 0 saturated heterocycles. The minimum Gasteiger partial charge on any atom is -0.481 e. The summed E-state index contributed by atoms with van der Waals surface area (Å²) in [6.45, 7) is 4.23. The number of halogens is 1. The largest absolute Gasteiger partial charge is 0.481 e. The summed E-state index contributed by atoms with van der Waals surface area (Å²) in [5.74, 6) is -1.89. The van der Waals surface area contributed by atoms with Gasteiger partial charge < -0.3 is 23.9 Å². The van der Waals surface area contributed by atoms with Crippen molar-refractivity contribution in [3.05, 3.63) is 57.9 Å². The van der Waals surface area contributed by atoms with Crippen molar-refractivity contribution in [2.24, 2.45) is 0 Å². The van der Waals surface area contributed by atoms with Crippen LogP contribution in [0.1, 0.15) is 26.7 Å². The Morgan fingerprint density at radius 2 is 1.62 bits per heavy atom. The van der Waals surface area contributed by atoms with Crippen LogP contribution in [0.3, 0.4) is 0 Å². The molecule has 0 aliphatic carbocycles. The van der Waals surface area contributed by atoms with E-state index in [9.17, 15) is 14.4 Å². The number of oxazole rings is 1. The molecule has 178 valence electrons. The Bertz CT molecular complexity index is 1380. The van der Waals surface area contributed by atoms with Crippen LogP contribution in [0, 0.1) is 0 Å². The number of benzene rings is 2. The number of carboxylic acid groups (broad SMARTS) is 2. The average molecular weight is 487 g/mol. The first-order valence-electron chi connectivity index (χ1n) is 10.6. The maximum absolute atomic E-state index is 12.6. The molecule has 0 atom stereocenters. The van der Waals surface area contributed by atoms with E-state index >= 15 is 0 Å². The van der Waals surface area contributed by atoms with Gasteiger partial charge in [0.05, 0.1) is 12.8 Å². The molecule has 0 unspecified atom stereocenters. The number of carboxylic acids is 2. The molecule has 0 radical (unpaired) electrons. The van der Waals surface area contributed by atoms with Crippen LogP contribution in [0.15, 0.2) is 56.1 Å². The van der Waals surface area contributed by atoms with Gasteiger partial charge >= 0.3 is 17.6 Å². The lowest BCUT2D eigenvalue weighted by Crippen LogP contribution is -2.28. The third kappa shape index (κ3) is 5.74. The quantitative estimate of drug-likeness (QED) is 0.328. The van der Waals surface area contributed by atoms with Gasteiger partial charge in [-0.3, -0.25) is 9.59 Å². The Kier molecular flexibility index (Phi) is 7.91. The molecule has 0 aliphatic rings. The van der Waals surface area contributed by atoms with Crippen LogP contribution in [0.2, 0.25) is 5.02 Å². The molecule has 2 heterocycles. The summed E-state index contributed by atoms with van der Waals surface area (Å²) in [5, 5.41) is 19.0. The van der Waals surface area contributed by atoms with Crippen LogP contribution in [0.4, 0.5) is 5.69 Å². The smallest absolute Gasteiger partial charge is 0.349 e. The van der Waals surface area contributed by atoms with E-state index in [0.717, 1.165) is 0 Å². The van der Waals surface area contributed by atoms with Crippen molar-refractivity contribution in [2.45, 2.75) is 26.7 Å². The molecular formula is C24H23ClN2O7. The van der Waals surface area contributed by atoms with E-state index in [-0.39, 0.29) is 43.0 Å². The molecule has 2 aromatic carbocycles. The molecule has 0 aliphatic heterocycles. The zero-order chi connectivity index (χ0) is 24.8. The van der Waals surface area contributed by atoms with E-state index in [1.807, 2.05) is 13.8 Å². The second-order valence-corrected chi connectivity index (χ2v) is 7.51. The van der Waals surface area contributed by atoms with Crippen LogP contribution in [-0.2, 0) is 9.59 Å². The molecule has 10 heteroatoms. The van der Waals surface area contributed by atoms with Crippen molar-refractivity contribution >= 4 is 51.3 Å². The number of anilines is 1. The molecular weight excluding hydrogens is 464 g/mol. The van der Waals surface area contributed by atoms with Crippen LogP contribution >= 0.6 is 11.6 Å². The maximum Gasteiger partial charge on any atom is 0.349 e. The van der Waals surface area contributed by atoms with Gasteiger partial charge in [0.1, 0.15) is 16.7 Å². The van der Waals surface area contributed by atoms with Gasteiger partial charge in [-0.2, -0.15) is 0 Å². The third-order valence-electron chi connectivity index (χ3n) is 4.86. The monoisotopic (exact) mass is 486 g/mol. The van der Waals surface area contributed by atoms with Gasteiger partial charge in [-0.05, 0) is 36.4 Å². The predicted octanol–water partition coefficient (Wildman–Crippen LogP) is 5.04. The molecule has 2 N–H and O–H groups in total. The fourth-order valence-corrected chi connectivity index (χ4v) is 3.46. The topological polar surface area (TPSA) is 134 Å². The van der Waals surface area contributed by atoms with E-state index in [4.69, 9.17) is 30.6 Å². The summed E-state index contributed by atoms with van der Waals surface area (Å²) in [6, 6.07) is 11.5. The second kappa shape index (κ2) is 10.8. The number of nitrogens with zero attached hydrogens (tertiary/aromatic N) is 2. The lowest BCUT2D eigenvalue weighted by atomic mass is 10.1. The first-order valence-corrected chi connectivity index (χ1v) is 11.0. The van der Waals surface area contributed by atoms with Gasteiger partial charge in [0.15, 0.2) is 5.58 Å². The number of fused-ring (bicyclic) bond motifs is 2. The first kappa shape index (κ1) is 24.8.